The van der Waals surface area contributed by atoms with Gasteiger partial charge in [0, 0.05) is 5.56 Å². The molecule has 0 saturated carbocycles. The Morgan fingerprint density at radius 3 is 2.43 bits per heavy atom. The smallest absolute Gasteiger partial charge is 0.315 e. The van der Waals surface area contributed by atoms with E-state index in [0.717, 1.165) is 16.9 Å². The predicted octanol–water partition coefficient (Wildman–Crippen LogP) is 4.77. The Balaban J connectivity index is 1.53. The topological polar surface area (TPSA) is 61.8 Å². The fourth-order valence-electron chi connectivity index (χ4n) is 3.25. The minimum absolute atomic E-state index is 0.166. The maximum atomic E-state index is 12.7. The minimum atomic E-state index is -0.373. The van der Waals surface area contributed by atoms with Gasteiger partial charge < -0.3 is 14.2 Å². The van der Waals surface area contributed by atoms with Gasteiger partial charge >= 0.3 is 5.97 Å². The van der Waals surface area contributed by atoms with E-state index >= 15 is 0 Å². The number of Topliss-reactive ketones (excluding diaryl/α,β-unsaturated/α-hetero) is 1. The molecule has 0 spiro atoms. The molecule has 5 heteroatoms. The van der Waals surface area contributed by atoms with Crippen molar-refractivity contribution in [1.82, 2.24) is 0 Å². The first-order valence-electron chi connectivity index (χ1n) is 9.51. The molecular formula is C25H20O5. The molecule has 1 aliphatic rings. The Morgan fingerprint density at radius 1 is 1.00 bits per heavy atom. The Kier molecular flexibility index (Phi) is 5.35. The lowest BCUT2D eigenvalue weighted by Crippen LogP contribution is -2.12. The van der Waals surface area contributed by atoms with Gasteiger partial charge in [-0.15, -0.1) is 0 Å². The monoisotopic (exact) mass is 400 g/mol. The number of rotatable bonds is 5. The number of methoxy groups -OCH3 is 1. The largest absolute Gasteiger partial charge is 0.497 e. The van der Waals surface area contributed by atoms with Crippen LogP contribution in [0.2, 0.25) is 0 Å². The molecule has 0 radical (unpaired) electrons. The van der Waals surface area contributed by atoms with Crippen molar-refractivity contribution in [2.75, 3.05) is 7.11 Å². The molecule has 3 aromatic rings. The summed E-state index contributed by atoms with van der Waals surface area (Å²) in [6.07, 6.45) is 1.85. The Bertz CT molecular complexity index is 1130. The van der Waals surface area contributed by atoms with E-state index in [0.29, 0.717) is 22.6 Å². The van der Waals surface area contributed by atoms with Crippen molar-refractivity contribution in [3.8, 4) is 17.2 Å². The minimum Gasteiger partial charge on any atom is -0.497 e. The number of benzene rings is 3. The second-order valence-electron chi connectivity index (χ2n) is 6.91. The molecule has 0 amide bonds. The van der Waals surface area contributed by atoms with Gasteiger partial charge in [0.25, 0.3) is 0 Å². The molecule has 0 N–H and O–H groups in total. The van der Waals surface area contributed by atoms with Crippen LogP contribution in [0, 0.1) is 6.92 Å². The van der Waals surface area contributed by atoms with E-state index in [2.05, 4.69) is 0 Å². The van der Waals surface area contributed by atoms with E-state index in [4.69, 9.17) is 14.2 Å². The summed E-state index contributed by atoms with van der Waals surface area (Å²) in [4.78, 5) is 25.0. The molecule has 5 nitrogen and oxygen atoms in total. The zero-order chi connectivity index (χ0) is 21.1. The zero-order valence-corrected chi connectivity index (χ0v) is 16.7. The summed E-state index contributed by atoms with van der Waals surface area (Å²) >= 11 is 0. The van der Waals surface area contributed by atoms with Crippen LogP contribution in [0.1, 0.15) is 27.0 Å². The average Bonchev–Trinajstić information content (AvgIpc) is 3.07. The molecule has 1 aliphatic heterocycles. The molecule has 0 unspecified atom stereocenters. The molecular weight excluding hydrogens is 380 g/mol. The quantitative estimate of drug-likeness (QED) is 0.351. The molecule has 0 aliphatic carbocycles. The van der Waals surface area contributed by atoms with E-state index in [1.165, 1.54) is 0 Å². The number of ether oxygens (including phenoxy) is 3. The van der Waals surface area contributed by atoms with Gasteiger partial charge in [0.1, 0.15) is 17.2 Å². The highest BCUT2D eigenvalue weighted by Crippen LogP contribution is 2.39. The fraction of sp³-hybridized carbons (Fsp3) is 0.120. The highest BCUT2D eigenvalue weighted by molar-refractivity contribution is 6.15. The van der Waals surface area contributed by atoms with Crippen molar-refractivity contribution in [2.24, 2.45) is 0 Å². The normalized spacial score (nSPS) is 13.7. The summed E-state index contributed by atoms with van der Waals surface area (Å²) in [6.45, 7) is 1.77. The number of carbonyl (C=O) groups is 2. The number of allylic oxidation sites excluding steroid dienone is 1. The third-order valence-corrected chi connectivity index (χ3v) is 4.87. The molecule has 0 saturated heterocycles. The molecule has 3 aromatic carbocycles. The number of fused-ring (bicyclic) bond motifs is 1. The summed E-state index contributed by atoms with van der Waals surface area (Å²) in [5.74, 6) is 1.19. The fourth-order valence-corrected chi connectivity index (χ4v) is 3.25. The third kappa shape index (κ3) is 3.96. The highest BCUT2D eigenvalue weighted by Gasteiger charge is 2.30. The van der Waals surface area contributed by atoms with Crippen LogP contribution in [0.4, 0.5) is 0 Å². The highest BCUT2D eigenvalue weighted by atomic mass is 16.5. The molecule has 150 valence electrons. The van der Waals surface area contributed by atoms with Crippen molar-refractivity contribution in [1.29, 1.82) is 0 Å². The van der Waals surface area contributed by atoms with Crippen molar-refractivity contribution >= 4 is 17.8 Å². The van der Waals surface area contributed by atoms with Gasteiger partial charge in [-0.1, -0.05) is 42.5 Å². The maximum Gasteiger partial charge on any atom is 0.315 e. The summed E-state index contributed by atoms with van der Waals surface area (Å²) < 4.78 is 16.5. The van der Waals surface area contributed by atoms with Crippen LogP contribution in [-0.2, 0) is 11.2 Å². The van der Waals surface area contributed by atoms with E-state index in [-0.39, 0.29) is 23.9 Å². The van der Waals surface area contributed by atoms with E-state index in [1.807, 2.05) is 54.6 Å². The Hall–Kier alpha value is -3.86. The van der Waals surface area contributed by atoms with Crippen LogP contribution in [0.5, 0.6) is 17.2 Å². The van der Waals surface area contributed by atoms with Crippen molar-refractivity contribution in [3.63, 3.8) is 0 Å². The van der Waals surface area contributed by atoms with E-state index in [9.17, 15) is 9.59 Å². The van der Waals surface area contributed by atoms with Gasteiger partial charge in [-0.05, 0) is 48.4 Å². The first-order chi connectivity index (χ1) is 14.5. The second kappa shape index (κ2) is 8.25. The van der Waals surface area contributed by atoms with E-state index < -0.39 is 0 Å². The lowest BCUT2D eigenvalue weighted by molar-refractivity contribution is -0.133. The van der Waals surface area contributed by atoms with Gasteiger partial charge in [0.05, 0.1) is 19.1 Å². The first kappa shape index (κ1) is 19.5. The third-order valence-electron chi connectivity index (χ3n) is 4.87. The van der Waals surface area contributed by atoms with Crippen molar-refractivity contribution < 1.29 is 23.8 Å². The second-order valence-corrected chi connectivity index (χ2v) is 6.91. The maximum absolute atomic E-state index is 12.7. The average molecular weight is 400 g/mol. The van der Waals surface area contributed by atoms with Crippen LogP contribution < -0.4 is 14.2 Å². The van der Waals surface area contributed by atoms with Gasteiger partial charge in [0.2, 0.25) is 5.78 Å². The number of hydrogen-bond donors (Lipinski definition) is 0. The molecule has 1 heterocycles. The number of esters is 1. The summed E-state index contributed by atoms with van der Waals surface area (Å²) in [7, 11) is 1.60. The first-order valence-corrected chi connectivity index (χ1v) is 9.51. The van der Waals surface area contributed by atoms with Gasteiger partial charge in [0.15, 0.2) is 5.76 Å². The number of ketones is 1. The number of carbonyl (C=O) groups excluding carboxylic acids is 2. The SMILES string of the molecule is COc1ccc(/C=C2\Oc3c(ccc(OC(=O)Cc4ccccc4)c3C)C2=O)cc1. The molecule has 30 heavy (non-hydrogen) atoms. The van der Waals surface area contributed by atoms with Gasteiger partial charge in [-0.25, -0.2) is 0 Å². The van der Waals surface area contributed by atoms with Gasteiger partial charge in [-0.3, -0.25) is 9.59 Å². The van der Waals surface area contributed by atoms with Crippen molar-refractivity contribution in [2.45, 2.75) is 13.3 Å². The molecule has 0 bridgehead atoms. The van der Waals surface area contributed by atoms with Crippen LogP contribution in [0.3, 0.4) is 0 Å². The molecule has 0 fully saturated rings. The standard InChI is InChI=1S/C25H20O5/c1-16-21(29-23(26)15-17-6-4-3-5-7-17)13-12-20-24(27)22(30-25(16)20)14-18-8-10-19(28-2)11-9-18/h3-14H,15H2,1-2H3/b22-14-. The summed E-state index contributed by atoms with van der Waals surface area (Å²) in [6, 6.07) is 20.0. The van der Waals surface area contributed by atoms with Crippen molar-refractivity contribution in [3.05, 3.63) is 94.7 Å². The lowest BCUT2D eigenvalue weighted by atomic mass is 10.1. The lowest BCUT2D eigenvalue weighted by Gasteiger charge is -2.10. The van der Waals surface area contributed by atoms with Crippen LogP contribution in [-0.4, -0.2) is 18.9 Å². The van der Waals surface area contributed by atoms with Crippen LogP contribution >= 0.6 is 0 Å². The summed E-state index contributed by atoms with van der Waals surface area (Å²) in [5.41, 5.74) is 2.76. The molecule has 0 atom stereocenters. The zero-order valence-electron chi connectivity index (χ0n) is 16.7. The Labute approximate surface area is 174 Å². The summed E-state index contributed by atoms with van der Waals surface area (Å²) in [5, 5.41) is 0. The van der Waals surface area contributed by atoms with Crippen LogP contribution in [0.25, 0.3) is 6.08 Å². The number of hydrogen-bond acceptors (Lipinski definition) is 5. The van der Waals surface area contributed by atoms with Gasteiger partial charge in [-0.2, -0.15) is 0 Å². The molecule has 4 rings (SSSR count). The van der Waals surface area contributed by atoms with Crippen LogP contribution in [0.15, 0.2) is 72.5 Å². The van der Waals surface area contributed by atoms with E-state index in [1.54, 1.807) is 32.2 Å². The predicted molar refractivity (Wildman–Crippen MR) is 113 cm³/mol. The Morgan fingerprint density at radius 2 is 1.73 bits per heavy atom. The molecule has 0 aromatic heterocycles.